The molecule has 1 spiro atoms. The molecule has 0 radical (unpaired) electrons. The second kappa shape index (κ2) is 8.41. The van der Waals surface area contributed by atoms with E-state index in [1.807, 2.05) is 12.1 Å². The number of carbonyl (C=O) groups excluding carboxylic acids is 1. The number of rotatable bonds is 4. The number of carboxylic acid groups (broad SMARTS) is 1. The predicted octanol–water partition coefficient (Wildman–Crippen LogP) is 2.80. The molecule has 1 aromatic carbocycles. The molecular formula is C22H30FN3O4. The molecule has 1 N–H and O–H groups in total. The number of esters is 1. The lowest BCUT2D eigenvalue weighted by molar-refractivity contribution is -0.150. The van der Waals surface area contributed by atoms with Crippen LogP contribution in [0.2, 0.25) is 0 Å². The van der Waals surface area contributed by atoms with Crippen LogP contribution in [0.1, 0.15) is 32.6 Å². The fourth-order valence-corrected chi connectivity index (χ4v) is 5.06. The van der Waals surface area contributed by atoms with E-state index in [0.717, 1.165) is 38.3 Å². The molecule has 3 heterocycles. The van der Waals surface area contributed by atoms with Crippen molar-refractivity contribution in [1.29, 1.82) is 0 Å². The smallest absolute Gasteiger partial charge is 0.407 e. The molecule has 8 heteroatoms. The number of cyclic esters (lactones) is 1. The predicted molar refractivity (Wildman–Crippen MR) is 110 cm³/mol. The number of piperidine rings is 1. The largest absolute Gasteiger partial charge is 0.465 e. The minimum Gasteiger partial charge on any atom is -0.465 e. The van der Waals surface area contributed by atoms with Gasteiger partial charge in [-0.1, -0.05) is 0 Å². The van der Waals surface area contributed by atoms with Crippen LogP contribution in [0.25, 0.3) is 0 Å². The standard InChI is InChI=1S/C22H30FN3O4/c1-16-15-26(18-4-2-17(23)3-5-18)13-12-24(16)9-6-19-14-22(20(27)30-19)7-10-25(11-8-22)21(28)29/h2-5,16,19H,6-15H2,1H3,(H,28,29)/t16-,19+/m1/s1. The lowest BCUT2D eigenvalue weighted by Gasteiger charge is -2.41. The van der Waals surface area contributed by atoms with Crippen molar-refractivity contribution < 1.29 is 23.8 Å². The van der Waals surface area contributed by atoms with Crippen LogP contribution in [-0.4, -0.2) is 78.4 Å². The van der Waals surface area contributed by atoms with E-state index in [0.29, 0.717) is 38.4 Å². The van der Waals surface area contributed by atoms with Crippen molar-refractivity contribution in [1.82, 2.24) is 9.80 Å². The van der Waals surface area contributed by atoms with Crippen molar-refractivity contribution in [3.05, 3.63) is 30.1 Å². The van der Waals surface area contributed by atoms with Crippen LogP contribution in [-0.2, 0) is 9.53 Å². The van der Waals surface area contributed by atoms with Crippen molar-refractivity contribution in [3.63, 3.8) is 0 Å². The van der Waals surface area contributed by atoms with Gasteiger partial charge in [0.2, 0.25) is 0 Å². The number of halogens is 1. The topological polar surface area (TPSA) is 73.3 Å². The molecule has 2 atom stereocenters. The molecule has 3 aliphatic heterocycles. The van der Waals surface area contributed by atoms with Crippen LogP contribution in [0.15, 0.2) is 24.3 Å². The number of anilines is 1. The second-order valence-electron chi connectivity index (χ2n) is 8.88. The summed E-state index contributed by atoms with van der Waals surface area (Å²) in [5.41, 5.74) is 0.547. The molecule has 164 valence electrons. The summed E-state index contributed by atoms with van der Waals surface area (Å²) < 4.78 is 18.9. The fraction of sp³-hybridized carbons (Fsp3) is 0.636. The lowest BCUT2D eigenvalue weighted by atomic mass is 9.76. The zero-order valence-electron chi connectivity index (χ0n) is 17.4. The summed E-state index contributed by atoms with van der Waals surface area (Å²) in [5.74, 6) is -0.366. The van der Waals surface area contributed by atoms with Crippen molar-refractivity contribution in [2.45, 2.75) is 44.8 Å². The van der Waals surface area contributed by atoms with E-state index in [9.17, 15) is 14.0 Å². The van der Waals surface area contributed by atoms with E-state index in [1.54, 1.807) is 0 Å². The Labute approximate surface area is 176 Å². The minimum absolute atomic E-state index is 0.0868. The molecular weight excluding hydrogens is 389 g/mol. The summed E-state index contributed by atoms with van der Waals surface area (Å²) in [7, 11) is 0. The highest BCUT2D eigenvalue weighted by atomic mass is 19.1. The Hall–Kier alpha value is -2.35. The van der Waals surface area contributed by atoms with Gasteiger partial charge in [0.1, 0.15) is 11.9 Å². The first-order valence-electron chi connectivity index (χ1n) is 10.8. The molecule has 4 rings (SSSR count). The van der Waals surface area contributed by atoms with Crippen LogP contribution >= 0.6 is 0 Å². The van der Waals surface area contributed by atoms with E-state index >= 15 is 0 Å². The number of nitrogens with zero attached hydrogens (tertiary/aromatic N) is 3. The van der Waals surface area contributed by atoms with Gasteiger partial charge < -0.3 is 19.6 Å². The van der Waals surface area contributed by atoms with E-state index in [1.165, 1.54) is 17.0 Å². The van der Waals surface area contributed by atoms with Crippen molar-refractivity contribution in [3.8, 4) is 0 Å². The maximum atomic E-state index is 13.2. The minimum atomic E-state index is -0.915. The van der Waals surface area contributed by atoms with Gasteiger partial charge in [0.25, 0.3) is 0 Å². The third-order valence-corrected chi connectivity index (χ3v) is 7.01. The van der Waals surface area contributed by atoms with Gasteiger partial charge in [-0.2, -0.15) is 0 Å². The molecule has 0 bridgehead atoms. The first-order valence-corrected chi connectivity index (χ1v) is 10.8. The second-order valence-corrected chi connectivity index (χ2v) is 8.88. The van der Waals surface area contributed by atoms with Gasteiger partial charge in [0, 0.05) is 57.4 Å². The van der Waals surface area contributed by atoms with Gasteiger partial charge in [-0.15, -0.1) is 0 Å². The Morgan fingerprint density at radius 2 is 1.90 bits per heavy atom. The molecule has 1 amide bonds. The van der Waals surface area contributed by atoms with Gasteiger partial charge >= 0.3 is 12.1 Å². The Bertz CT molecular complexity index is 779. The van der Waals surface area contributed by atoms with Crippen molar-refractivity contribution in [2.24, 2.45) is 5.41 Å². The molecule has 3 aliphatic rings. The van der Waals surface area contributed by atoms with Gasteiger partial charge in [-0.05, 0) is 50.5 Å². The number of carbonyl (C=O) groups is 2. The normalized spacial score (nSPS) is 26.8. The van der Waals surface area contributed by atoms with E-state index in [4.69, 9.17) is 9.84 Å². The Kier molecular flexibility index (Phi) is 5.86. The highest BCUT2D eigenvalue weighted by molar-refractivity contribution is 5.79. The Balaban J connectivity index is 1.26. The quantitative estimate of drug-likeness (QED) is 0.757. The average Bonchev–Trinajstić information content (AvgIpc) is 3.03. The third-order valence-electron chi connectivity index (χ3n) is 7.01. The number of piperazine rings is 1. The molecule has 3 fully saturated rings. The molecule has 30 heavy (non-hydrogen) atoms. The molecule has 7 nitrogen and oxygen atoms in total. The van der Waals surface area contributed by atoms with Crippen LogP contribution in [0.4, 0.5) is 14.9 Å². The van der Waals surface area contributed by atoms with Gasteiger partial charge in [-0.3, -0.25) is 9.69 Å². The SMILES string of the molecule is C[C@@H]1CN(c2ccc(F)cc2)CCN1CC[C@H]1CC2(CCN(C(=O)O)CC2)C(=O)O1. The van der Waals surface area contributed by atoms with Crippen LogP contribution in [0.5, 0.6) is 0 Å². The first kappa shape index (κ1) is 20.9. The highest BCUT2D eigenvalue weighted by Crippen LogP contribution is 2.44. The first-order chi connectivity index (χ1) is 14.4. The molecule has 0 unspecified atom stereocenters. The Morgan fingerprint density at radius 1 is 1.20 bits per heavy atom. The van der Waals surface area contributed by atoms with Gasteiger partial charge in [-0.25, -0.2) is 9.18 Å². The number of hydrogen-bond acceptors (Lipinski definition) is 5. The van der Waals surface area contributed by atoms with Gasteiger partial charge in [0.15, 0.2) is 0 Å². The summed E-state index contributed by atoms with van der Waals surface area (Å²) in [6.07, 6.45) is 1.61. The zero-order valence-corrected chi connectivity index (χ0v) is 17.4. The monoisotopic (exact) mass is 419 g/mol. The molecule has 0 aliphatic carbocycles. The van der Waals surface area contributed by atoms with E-state index in [2.05, 4.69) is 16.7 Å². The molecule has 3 saturated heterocycles. The van der Waals surface area contributed by atoms with Crippen LogP contribution in [0.3, 0.4) is 0 Å². The summed E-state index contributed by atoms with van der Waals surface area (Å²) in [5, 5.41) is 9.13. The summed E-state index contributed by atoms with van der Waals surface area (Å²) in [6.45, 7) is 6.55. The number of hydrogen-bond donors (Lipinski definition) is 1. The zero-order chi connectivity index (χ0) is 21.3. The summed E-state index contributed by atoms with van der Waals surface area (Å²) >= 11 is 0. The highest BCUT2D eigenvalue weighted by Gasteiger charge is 2.50. The third kappa shape index (κ3) is 4.24. The molecule has 1 aromatic rings. The van der Waals surface area contributed by atoms with E-state index in [-0.39, 0.29) is 17.9 Å². The van der Waals surface area contributed by atoms with Crippen molar-refractivity contribution >= 4 is 17.7 Å². The van der Waals surface area contributed by atoms with Gasteiger partial charge in [0.05, 0.1) is 5.41 Å². The molecule has 0 saturated carbocycles. The maximum absolute atomic E-state index is 13.2. The Morgan fingerprint density at radius 3 is 2.53 bits per heavy atom. The average molecular weight is 419 g/mol. The lowest BCUT2D eigenvalue weighted by Crippen LogP contribution is -2.52. The van der Waals surface area contributed by atoms with E-state index < -0.39 is 11.5 Å². The van der Waals surface area contributed by atoms with Crippen LogP contribution in [0, 0.1) is 11.2 Å². The number of benzene rings is 1. The fourth-order valence-electron chi connectivity index (χ4n) is 5.06. The van der Waals surface area contributed by atoms with Crippen molar-refractivity contribution in [2.75, 3.05) is 44.2 Å². The number of amides is 1. The number of ether oxygens (including phenoxy) is 1. The number of likely N-dealkylation sites (tertiary alicyclic amines) is 1. The summed E-state index contributed by atoms with van der Waals surface area (Å²) in [6, 6.07) is 7.00. The molecule has 0 aromatic heterocycles. The maximum Gasteiger partial charge on any atom is 0.407 e. The van der Waals surface area contributed by atoms with Crippen LogP contribution < -0.4 is 4.90 Å². The summed E-state index contributed by atoms with van der Waals surface area (Å²) in [4.78, 5) is 29.8.